The fourth-order valence-electron chi connectivity index (χ4n) is 2.53. The van der Waals surface area contributed by atoms with E-state index in [1.807, 2.05) is 13.8 Å². The maximum absolute atomic E-state index is 11.3. The van der Waals surface area contributed by atoms with Crippen LogP contribution in [0.3, 0.4) is 0 Å². The van der Waals surface area contributed by atoms with Crippen molar-refractivity contribution in [3.05, 3.63) is 10.6 Å². The first-order valence-corrected chi connectivity index (χ1v) is 7.82. The fourth-order valence-corrected chi connectivity index (χ4v) is 3.64. The van der Waals surface area contributed by atoms with E-state index in [0.29, 0.717) is 16.5 Å². The fraction of sp³-hybridized carbons (Fsp3) is 0.714. The summed E-state index contributed by atoms with van der Waals surface area (Å²) in [5, 5.41) is 10.1. The summed E-state index contributed by atoms with van der Waals surface area (Å²) in [6.07, 6.45) is 2.15. The van der Waals surface area contributed by atoms with Gasteiger partial charge in [-0.2, -0.15) is 0 Å². The van der Waals surface area contributed by atoms with Crippen LogP contribution in [-0.4, -0.2) is 42.9 Å². The number of carboxylic acids is 1. The molecular formula is C14H22N2O3S. The molecule has 0 unspecified atom stereocenters. The van der Waals surface area contributed by atoms with E-state index >= 15 is 0 Å². The van der Waals surface area contributed by atoms with Crippen LogP contribution in [0.1, 0.15) is 48.0 Å². The molecule has 5 nitrogen and oxygen atoms in total. The molecule has 0 spiro atoms. The van der Waals surface area contributed by atoms with E-state index in [-0.39, 0.29) is 5.92 Å². The van der Waals surface area contributed by atoms with Gasteiger partial charge in [-0.15, -0.1) is 0 Å². The molecule has 2 heterocycles. The van der Waals surface area contributed by atoms with E-state index in [2.05, 4.69) is 9.88 Å². The van der Waals surface area contributed by atoms with Crippen molar-refractivity contribution in [2.75, 3.05) is 31.7 Å². The minimum absolute atomic E-state index is 0.136. The van der Waals surface area contributed by atoms with Gasteiger partial charge >= 0.3 is 5.97 Å². The van der Waals surface area contributed by atoms with Crippen LogP contribution in [0.15, 0.2) is 0 Å². The van der Waals surface area contributed by atoms with Crippen LogP contribution in [0.4, 0.5) is 5.13 Å². The average Bonchev–Trinajstić information content (AvgIpc) is 2.85. The lowest BCUT2D eigenvalue weighted by Crippen LogP contribution is -2.34. The zero-order chi connectivity index (χ0) is 14.7. The van der Waals surface area contributed by atoms with Crippen LogP contribution in [-0.2, 0) is 4.74 Å². The summed E-state index contributed by atoms with van der Waals surface area (Å²) in [5.74, 6) is -0.122. The number of aromatic nitrogens is 1. The molecule has 1 aliphatic rings. The van der Waals surface area contributed by atoms with Crippen LogP contribution in [0.5, 0.6) is 0 Å². The van der Waals surface area contributed by atoms with Crippen LogP contribution in [0, 0.1) is 5.92 Å². The van der Waals surface area contributed by atoms with Gasteiger partial charge in [0.15, 0.2) is 5.13 Å². The number of methoxy groups -OCH3 is 1. The van der Waals surface area contributed by atoms with Crippen LogP contribution >= 0.6 is 11.3 Å². The van der Waals surface area contributed by atoms with Crippen LogP contribution < -0.4 is 4.90 Å². The Hall–Kier alpha value is -1.14. The first-order chi connectivity index (χ1) is 9.52. The average molecular weight is 298 g/mol. The number of hydrogen-bond donors (Lipinski definition) is 1. The monoisotopic (exact) mass is 298 g/mol. The molecule has 0 aromatic carbocycles. The van der Waals surface area contributed by atoms with Gasteiger partial charge in [0.25, 0.3) is 0 Å². The Morgan fingerprint density at radius 3 is 2.60 bits per heavy atom. The van der Waals surface area contributed by atoms with Gasteiger partial charge in [-0.05, 0) is 24.7 Å². The van der Waals surface area contributed by atoms with E-state index in [9.17, 15) is 9.90 Å². The predicted octanol–water partition coefficient (Wildman–Crippen LogP) is 2.83. The Kier molecular flexibility index (Phi) is 4.99. The van der Waals surface area contributed by atoms with Crippen LogP contribution in [0.2, 0.25) is 0 Å². The summed E-state index contributed by atoms with van der Waals surface area (Å²) < 4.78 is 5.20. The summed E-state index contributed by atoms with van der Waals surface area (Å²) in [5.41, 5.74) is 0.705. The molecule has 0 atom stereocenters. The Labute approximate surface area is 123 Å². The first-order valence-electron chi connectivity index (χ1n) is 7.00. The third kappa shape index (κ3) is 3.30. The number of thiazole rings is 1. The lowest BCUT2D eigenvalue weighted by atomic mass is 9.98. The standard InChI is InChI=1S/C14H22N2O3S/c1-9(2)11-12(13(17)18)20-14(15-11)16-6-4-10(5-7-16)8-19-3/h9-10H,4-8H2,1-3H3,(H,17,18). The zero-order valence-corrected chi connectivity index (χ0v) is 13.1. The molecule has 6 heteroatoms. The maximum Gasteiger partial charge on any atom is 0.347 e. The molecule has 1 fully saturated rings. The predicted molar refractivity (Wildman–Crippen MR) is 80.0 cm³/mol. The number of nitrogens with zero attached hydrogens (tertiary/aromatic N) is 2. The van der Waals surface area contributed by atoms with Crippen molar-refractivity contribution in [3.8, 4) is 0 Å². The number of anilines is 1. The first kappa shape index (κ1) is 15.3. The van der Waals surface area contributed by atoms with E-state index in [4.69, 9.17) is 4.74 Å². The third-order valence-electron chi connectivity index (χ3n) is 3.67. The Morgan fingerprint density at radius 2 is 2.15 bits per heavy atom. The van der Waals surface area contributed by atoms with Gasteiger partial charge in [-0.25, -0.2) is 9.78 Å². The molecule has 1 N–H and O–H groups in total. The highest BCUT2D eigenvalue weighted by Gasteiger charge is 2.25. The molecule has 0 saturated carbocycles. The number of rotatable bonds is 5. The molecule has 0 bridgehead atoms. The van der Waals surface area contributed by atoms with Gasteiger partial charge < -0.3 is 14.7 Å². The highest BCUT2D eigenvalue weighted by atomic mass is 32.1. The Bertz CT molecular complexity index is 465. The maximum atomic E-state index is 11.3. The van der Waals surface area contributed by atoms with Gasteiger partial charge in [0, 0.05) is 26.8 Å². The SMILES string of the molecule is COCC1CCN(c2nc(C(C)C)c(C(=O)O)s2)CC1. The van der Waals surface area contributed by atoms with E-state index in [1.54, 1.807) is 7.11 Å². The molecule has 1 aliphatic heterocycles. The lowest BCUT2D eigenvalue weighted by molar-refractivity contribution is 0.0700. The Morgan fingerprint density at radius 1 is 1.50 bits per heavy atom. The van der Waals surface area contributed by atoms with E-state index in [0.717, 1.165) is 37.7 Å². The van der Waals surface area contributed by atoms with Crippen molar-refractivity contribution in [3.63, 3.8) is 0 Å². The zero-order valence-electron chi connectivity index (χ0n) is 12.3. The molecule has 1 aromatic rings. The molecule has 0 radical (unpaired) electrons. The number of piperidine rings is 1. The van der Waals surface area contributed by atoms with Crippen molar-refractivity contribution in [1.29, 1.82) is 0 Å². The molecule has 112 valence electrons. The van der Waals surface area contributed by atoms with E-state index in [1.165, 1.54) is 11.3 Å². The molecule has 0 aliphatic carbocycles. The van der Waals surface area contributed by atoms with E-state index < -0.39 is 5.97 Å². The molecular weight excluding hydrogens is 276 g/mol. The van der Waals surface area contributed by atoms with Gasteiger partial charge in [0.05, 0.1) is 5.69 Å². The van der Waals surface area contributed by atoms with Crippen molar-refractivity contribution in [2.24, 2.45) is 5.92 Å². The Balaban J connectivity index is 2.10. The van der Waals surface area contributed by atoms with Crippen molar-refractivity contribution < 1.29 is 14.6 Å². The summed E-state index contributed by atoms with van der Waals surface area (Å²) in [7, 11) is 1.74. The summed E-state index contributed by atoms with van der Waals surface area (Å²) in [4.78, 5) is 18.4. The lowest BCUT2D eigenvalue weighted by Gasteiger charge is -2.31. The topological polar surface area (TPSA) is 62.7 Å². The van der Waals surface area contributed by atoms with Gasteiger partial charge in [0.1, 0.15) is 4.88 Å². The molecule has 1 aromatic heterocycles. The number of hydrogen-bond acceptors (Lipinski definition) is 5. The summed E-state index contributed by atoms with van der Waals surface area (Å²) in [6.45, 7) is 6.63. The largest absolute Gasteiger partial charge is 0.477 e. The second-order valence-electron chi connectivity index (χ2n) is 5.56. The number of carboxylic acid groups (broad SMARTS) is 1. The number of aromatic carboxylic acids is 1. The minimum Gasteiger partial charge on any atom is -0.477 e. The van der Waals surface area contributed by atoms with Crippen molar-refractivity contribution in [2.45, 2.75) is 32.6 Å². The number of carbonyl (C=O) groups is 1. The molecule has 2 rings (SSSR count). The van der Waals surface area contributed by atoms with Gasteiger partial charge in [-0.1, -0.05) is 25.2 Å². The summed E-state index contributed by atoms with van der Waals surface area (Å²) >= 11 is 1.30. The third-order valence-corrected chi connectivity index (χ3v) is 4.79. The second-order valence-corrected chi connectivity index (χ2v) is 6.53. The number of ether oxygens (including phenoxy) is 1. The highest BCUT2D eigenvalue weighted by Crippen LogP contribution is 2.33. The summed E-state index contributed by atoms with van der Waals surface area (Å²) in [6, 6.07) is 0. The smallest absolute Gasteiger partial charge is 0.347 e. The van der Waals surface area contributed by atoms with Crippen molar-refractivity contribution >= 4 is 22.4 Å². The molecule has 1 saturated heterocycles. The van der Waals surface area contributed by atoms with Gasteiger partial charge in [-0.3, -0.25) is 0 Å². The minimum atomic E-state index is -0.869. The molecule has 0 amide bonds. The van der Waals surface area contributed by atoms with Crippen molar-refractivity contribution in [1.82, 2.24) is 4.98 Å². The van der Waals surface area contributed by atoms with Crippen LogP contribution in [0.25, 0.3) is 0 Å². The highest BCUT2D eigenvalue weighted by molar-refractivity contribution is 7.17. The van der Waals surface area contributed by atoms with Gasteiger partial charge in [0.2, 0.25) is 0 Å². The molecule has 20 heavy (non-hydrogen) atoms. The quantitative estimate of drug-likeness (QED) is 0.905. The normalized spacial score (nSPS) is 16.9. The second kappa shape index (κ2) is 6.54.